The zero-order chi connectivity index (χ0) is 23.4. The number of hydrogen-bond acceptors (Lipinski definition) is 7. The third-order valence-corrected chi connectivity index (χ3v) is 6.25. The van der Waals surface area contributed by atoms with E-state index in [1.165, 1.54) is 11.3 Å². The average Bonchev–Trinajstić information content (AvgIpc) is 3.41. The Morgan fingerprint density at radius 2 is 1.91 bits per heavy atom. The van der Waals surface area contributed by atoms with Gasteiger partial charge in [0.15, 0.2) is 0 Å². The van der Waals surface area contributed by atoms with Crippen LogP contribution in [0.4, 0.5) is 0 Å². The Labute approximate surface area is 196 Å². The summed E-state index contributed by atoms with van der Waals surface area (Å²) in [6.45, 7) is 6.74. The maximum absolute atomic E-state index is 12.8. The highest BCUT2D eigenvalue weighted by Gasteiger charge is 2.20. The molecule has 8 nitrogen and oxygen atoms in total. The lowest BCUT2D eigenvalue weighted by Gasteiger charge is -2.06. The number of ether oxygens (including phenoxy) is 2. The van der Waals surface area contributed by atoms with Crippen LogP contribution in [0.5, 0.6) is 11.5 Å². The van der Waals surface area contributed by atoms with Gasteiger partial charge in [0.1, 0.15) is 27.1 Å². The molecule has 0 aliphatic carbocycles. The quantitative estimate of drug-likeness (QED) is 0.418. The van der Waals surface area contributed by atoms with Crippen LogP contribution in [0.2, 0.25) is 0 Å². The molecule has 33 heavy (non-hydrogen) atoms. The van der Waals surface area contributed by atoms with Crippen LogP contribution in [0.25, 0.3) is 16.4 Å². The largest absolute Gasteiger partial charge is 0.497 e. The normalized spacial score (nSPS) is 10.8. The van der Waals surface area contributed by atoms with Crippen LogP contribution in [0.1, 0.15) is 33.5 Å². The minimum Gasteiger partial charge on any atom is -0.497 e. The van der Waals surface area contributed by atoms with Gasteiger partial charge >= 0.3 is 0 Å². The molecule has 170 valence electrons. The van der Waals surface area contributed by atoms with Crippen molar-refractivity contribution in [3.05, 3.63) is 70.4 Å². The fourth-order valence-corrected chi connectivity index (χ4v) is 4.37. The van der Waals surface area contributed by atoms with Gasteiger partial charge < -0.3 is 14.8 Å². The van der Waals surface area contributed by atoms with Crippen molar-refractivity contribution in [2.24, 2.45) is 0 Å². The lowest BCUT2D eigenvalue weighted by Crippen LogP contribution is -2.22. The summed E-state index contributed by atoms with van der Waals surface area (Å²) in [5.41, 5.74) is 3.97. The number of amides is 1. The van der Waals surface area contributed by atoms with Gasteiger partial charge in [-0.15, -0.1) is 16.4 Å². The lowest BCUT2D eigenvalue weighted by atomic mass is 10.2. The van der Waals surface area contributed by atoms with Gasteiger partial charge in [-0.05, 0) is 50.6 Å². The van der Waals surface area contributed by atoms with E-state index in [2.05, 4.69) is 20.6 Å². The second-order valence-electron chi connectivity index (χ2n) is 7.33. The van der Waals surface area contributed by atoms with Crippen LogP contribution in [0.15, 0.2) is 48.5 Å². The summed E-state index contributed by atoms with van der Waals surface area (Å²) in [7, 11) is 1.62. The van der Waals surface area contributed by atoms with Crippen molar-refractivity contribution >= 4 is 17.2 Å². The van der Waals surface area contributed by atoms with E-state index >= 15 is 0 Å². The van der Waals surface area contributed by atoms with Crippen molar-refractivity contribution in [1.29, 1.82) is 0 Å². The van der Waals surface area contributed by atoms with Crippen molar-refractivity contribution in [2.45, 2.75) is 27.3 Å². The smallest absolute Gasteiger partial charge is 0.263 e. The number of methoxy groups -OCH3 is 1. The molecular formula is C24H25N5O3S. The minimum absolute atomic E-state index is 0.164. The molecule has 4 aromatic rings. The first-order valence-electron chi connectivity index (χ1n) is 10.5. The number of benzene rings is 2. The summed E-state index contributed by atoms with van der Waals surface area (Å²) in [6.07, 6.45) is 0. The monoisotopic (exact) mass is 463 g/mol. The maximum Gasteiger partial charge on any atom is 0.263 e. The first-order chi connectivity index (χ1) is 16.0. The molecule has 1 amide bonds. The van der Waals surface area contributed by atoms with Crippen molar-refractivity contribution < 1.29 is 14.3 Å². The third kappa shape index (κ3) is 4.88. The fraction of sp³-hybridized carbons (Fsp3) is 0.250. The predicted molar refractivity (Wildman–Crippen MR) is 127 cm³/mol. The number of hydrogen-bond donors (Lipinski definition) is 1. The molecule has 2 aromatic heterocycles. The molecule has 2 aromatic carbocycles. The predicted octanol–water partition coefficient (Wildman–Crippen LogP) is 4.34. The van der Waals surface area contributed by atoms with Crippen molar-refractivity contribution in [3.8, 4) is 27.9 Å². The molecular weight excluding hydrogens is 438 g/mol. The molecule has 1 N–H and O–H groups in total. The van der Waals surface area contributed by atoms with E-state index in [4.69, 9.17) is 9.47 Å². The Hall–Kier alpha value is -3.72. The number of thiazole rings is 1. The fourth-order valence-electron chi connectivity index (χ4n) is 3.36. The third-order valence-electron chi connectivity index (χ3n) is 5.09. The average molecular weight is 464 g/mol. The molecule has 0 bridgehead atoms. The SMILES string of the molecule is CCOc1ccc(CNC(=O)c2sc(-c3nnn(-c4cccc(OC)c4)c3C)nc2C)cc1. The van der Waals surface area contributed by atoms with Crippen LogP contribution in [0.3, 0.4) is 0 Å². The van der Waals surface area contributed by atoms with Crippen LogP contribution in [-0.2, 0) is 6.54 Å². The zero-order valence-electron chi connectivity index (χ0n) is 19.0. The van der Waals surface area contributed by atoms with E-state index < -0.39 is 0 Å². The van der Waals surface area contributed by atoms with Crippen LogP contribution < -0.4 is 14.8 Å². The Kier molecular flexibility index (Phi) is 6.69. The van der Waals surface area contributed by atoms with Gasteiger partial charge in [0.2, 0.25) is 0 Å². The van der Waals surface area contributed by atoms with Gasteiger partial charge in [-0.2, -0.15) is 0 Å². The molecule has 0 radical (unpaired) electrons. The molecule has 9 heteroatoms. The van der Waals surface area contributed by atoms with E-state index in [-0.39, 0.29) is 5.91 Å². The van der Waals surface area contributed by atoms with Gasteiger partial charge in [0.05, 0.1) is 30.8 Å². The molecule has 4 rings (SSSR count). The van der Waals surface area contributed by atoms with E-state index in [0.29, 0.717) is 34.4 Å². The van der Waals surface area contributed by atoms with Crippen LogP contribution >= 0.6 is 11.3 Å². The van der Waals surface area contributed by atoms with Gasteiger partial charge in [-0.25, -0.2) is 9.67 Å². The number of aryl methyl sites for hydroxylation is 1. The van der Waals surface area contributed by atoms with Crippen LogP contribution in [-0.4, -0.2) is 39.6 Å². The molecule has 0 fully saturated rings. The highest BCUT2D eigenvalue weighted by atomic mass is 32.1. The maximum atomic E-state index is 12.8. The second-order valence-corrected chi connectivity index (χ2v) is 8.33. The molecule has 0 unspecified atom stereocenters. The number of carbonyl (C=O) groups is 1. The van der Waals surface area contributed by atoms with Gasteiger partial charge in [-0.1, -0.05) is 23.4 Å². The molecule has 0 aliphatic heterocycles. The second kappa shape index (κ2) is 9.83. The summed E-state index contributed by atoms with van der Waals surface area (Å²) in [5, 5.41) is 12.2. The highest BCUT2D eigenvalue weighted by molar-refractivity contribution is 7.17. The first kappa shape index (κ1) is 22.5. The van der Waals surface area contributed by atoms with Gasteiger partial charge in [0.25, 0.3) is 5.91 Å². The van der Waals surface area contributed by atoms with Gasteiger partial charge in [0, 0.05) is 12.6 Å². The van der Waals surface area contributed by atoms with E-state index in [0.717, 1.165) is 28.4 Å². The number of nitrogens with one attached hydrogen (secondary N) is 1. The van der Waals surface area contributed by atoms with Crippen LogP contribution in [0, 0.1) is 13.8 Å². The minimum atomic E-state index is -0.164. The van der Waals surface area contributed by atoms with E-state index in [9.17, 15) is 4.79 Å². The molecule has 0 saturated heterocycles. The summed E-state index contributed by atoms with van der Waals surface area (Å²) in [6, 6.07) is 15.3. The first-order valence-corrected chi connectivity index (χ1v) is 11.4. The molecule has 2 heterocycles. The number of aromatic nitrogens is 4. The summed E-state index contributed by atoms with van der Waals surface area (Å²) in [5.74, 6) is 1.39. The standard InChI is InChI=1S/C24H25N5O3S/c1-5-32-19-11-9-17(10-12-19)14-25-23(30)22-15(2)26-24(33-22)21-16(3)29(28-27-21)18-7-6-8-20(13-18)31-4/h6-13H,5,14H2,1-4H3,(H,25,30). The lowest BCUT2D eigenvalue weighted by molar-refractivity contribution is 0.0954. The highest BCUT2D eigenvalue weighted by Crippen LogP contribution is 2.30. The Balaban J connectivity index is 1.50. The summed E-state index contributed by atoms with van der Waals surface area (Å²) in [4.78, 5) is 18.0. The van der Waals surface area contributed by atoms with E-state index in [1.54, 1.807) is 11.8 Å². The summed E-state index contributed by atoms with van der Waals surface area (Å²) >= 11 is 1.31. The number of rotatable bonds is 8. The van der Waals surface area contributed by atoms with Crippen molar-refractivity contribution in [3.63, 3.8) is 0 Å². The Morgan fingerprint density at radius 1 is 1.12 bits per heavy atom. The van der Waals surface area contributed by atoms with Crippen molar-refractivity contribution in [1.82, 2.24) is 25.3 Å². The molecule has 0 atom stereocenters. The van der Waals surface area contributed by atoms with E-state index in [1.807, 2.05) is 69.3 Å². The number of carbonyl (C=O) groups excluding carboxylic acids is 1. The Bertz CT molecular complexity index is 1260. The Morgan fingerprint density at radius 3 is 2.64 bits per heavy atom. The van der Waals surface area contributed by atoms with Gasteiger partial charge in [-0.3, -0.25) is 4.79 Å². The molecule has 0 aliphatic rings. The molecule has 0 saturated carbocycles. The van der Waals surface area contributed by atoms with Crippen molar-refractivity contribution in [2.75, 3.05) is 13.7 Å². The zero-order valence-corrected chi connectivity index (χ0v) is 19.8. The molecule has 0 spiro atoms. The topological polar surface area (TPSA) is 91.2 Å². The summed E-state index contributed by atoms with van der Waals surface area (Å²) < 4.78 is 12.5. The number of nitrogens with zero attached hydrogens (tertiary/aromatic N) is 4.